The number of urea groups is 4. The third kappa shape index (κ3) is 24.6. The van der Waals surface area contributed by atoms with Gasteiger partial charge in [0.25, 0.3) is 5.91 Å². The van der Waals surface area contributed by atoms with Gasteiger partial charge in [0.2, 0.25) is 29.5 Å². The number of nitrogens with one attached hydrogen (secondary N) is 17. The highest BCUT2D eigenvalue weighted by Gasteiger charge is 2.35. The monoisotopic (exact) mass is 2020 g/mol. The van der Waals surface area contributed by atoms with Crippen LogP contribution in [0, 0.1) is 11.7 Å². The summed E-state index contributed by atoms with van der Waals surface area (Å²) in [5.74, 6) is 5.11. The van der Waals surface area contributed by atoms with Crippen LogP contribution in [0.3, 0.4) is 0 Å². The number of fused-ring (bicyclic) bond motifs is 5. The van der Waals surface area contributed by atoms with Crippen molar-refractivity contribution in [2.45, 2.75) is 198 Å². The number of anilines is 10. The van der Waals surface area contributed by atoms with Crippen LogP contribution in [0.25, 0.3) is 58.6 Å². The first kappa shape index (κ1) is 98.7. The van der Waals surface area contributed by atoms with E-state index >= 15 is 0 Å². The van der Waals surface area contributed by atoms with Crippen molar-refractivity contribution in [3.05, 3.63) is 226 Å². The van der Waals surface area contributed by atoms with Crippen LogP contribution in [-0.4, -0.2) is 210 Å². The van der Waals surface area contributed by atoms with Crippen molar-refractivity contribution in [1.29, 1.82) is 0 Å². The minimum atomic E-state index is -0.489. The Morgan fingerprint density at radius 1 is 0.389 bits per heavy atom. The zero-order valence-electron chi connectivity index (χ0n) is 82.7. The Morgan fingerprint density at radius 3 is 0.966 bits per heavy atom. The fourth-order valence-corrected chi connectivity index (χ4v) is 17.4. The number of halogens is 1. The number of piperidine rings is 1. The van der Waals surface area contributed by atoms with Crippen molar-refractivity contribution in [2.24, 2.45) is 5.92 Å². The Bertz CT molecular complexity index is 7590. The molecule has 0 spiro atoms. The van der Waals surface area contributed by atoms with E-state index in [4.69, 9.17) is 0 Å². The number of likely N-dealkylation sites (tertiary alicyclic amines) is 1. The van der Waals surface area contributed by atoms with Gasteiger partial charge in [0.05, 0.1) is 63.1 Å². The molecule has 44 nitrogen and oxygen atoms in total. The van der Waals surface area contributed by atoms with Gasteiger partial charge in [0.15, 0.2) is 28.2 Å². The van der Waals surface area contributed by atoms with Gasteiger partial charge in [0, 0.05) is 160 Å². The van der Waals surface area contributed by atoms with E-state index in [1.165, 1.54) is 30.7 Å². The summed E-state index contributed by atoms with van der Waals surface area (Å²) < 4.78 is 22.1. The highest BCUT2D eigenvalue weighted by molar-refractivity contribution is 6.04. The maximum atomic E-state index is 13.5. The predicted octanol–water partition coefficient (Wildman–Crippen LogP) is 13.3. The van der Waals surface area contributed by atoms with Gasteiger partial charge in [-0.3, -0.25) is 50.0 Å². The van der Waals surface area contributed by atoms with E-state index in [-0.39, 0.29) is 103 Å². The lowest BCUT2D eigenvalue weighted by atomic mass is 10.1. The number of nitrogens with zero attached hydrogens (tertiary/aromatic N) is 17. The van der Waals surface area contributed by atoms with E-state index < -0.39 is 11.7 Å². The summed E-state index contributed by atoms with van der Waals surface area (Å²) in [6.45, 7) is 29.9. The number of aromatic nitrogens is 15. The van der Waals surface area contributed by atoms with Crippen LogP contribution in [0.5, 0.6) is 0 Å². The molecule has 768 valence electrons. The van der Waals surface area contributed by atoms with Crippen molar-refractivity contribution in [2.75, 3.05) is 79.3 Å². The Hall–Kier alpha value is -17.7. The van der Waals surface area contributed by atoms with E-state index in [1.807, 2.05) is 81.2 Å². The van der Waals surface area contributed by atoms with Crippen molar-refractivity contribution in [3.8, 4) is 0 Å². The molecule has 11 aromatic rings. The van der Waals surface area contributed by atoms with Gasteiger partial charge in [-0.2, -0.15) is 48.1 Å². The molecule has 7 aliphatic heterocycles. The van der Waals surface area contributed by atoms with Crippen LogP contribution in [0.15, 0.2) is 187 Å². The zero-order chi connectivity index (χ0) is 104. The zero-order valence-corrected chi connectivity index (χ0v) is 82.7. The molecule has 6 saturated carbocycles. The molecule has 24 rings (SSSR count). The molecule has 6 aliphatic carbocycles. The second kappa shape index (κ2) is 41.8. The molecule has 17 N–H and O–H groups in total. The molecule has 1 aromatic carbocycles. The van der Waals surface area contributed by atoms with Crippen LogP contribution in [0.2, 0.25) is 0 Å². The Labute approximate surface area is 853 Å². The standard InChI is InChI=1S/C22H19FN6O2.2C21H25N7O2.C20H21N7O2.C20H25N7O2/c1-12-14(9-20(30)25-12)7-15-11-24-29-19(26-17-5-6-17)10-18(27-21(15)29)28-22(31)13-3-2-4-16(23)8-13;1-11(13-3-4-13)24-21(30)27-17-9-18(25-16-5-6-16)28-20(26-17)15(10-22-28)7-14-8-19(29)23-12(14)2;1-13-14(10-19(29)23-13)9-15-12-22-28-18(24-16-5-6-16)11-17(25-20(15)28)26-21(30)27-7-3-2-4-8-27;1-12-13(9-18(28)22-12)8-14-11-21-27-17(23-15-4-5-15)10-16(24-19(14)27)25-20(29)26-6-2-3-7-26;1-11-12(8-17(28)22-11)7-13-10-21-27-16(23-14-5-6-14)9-15(24-18(13)27)25-19(29)26-20(2,3)4/h2-4,7-8,10-11,17,26H,1,5-6,9H2,(H,25,30)(H,27,28,31);7,9-11,13,16,25H,2-6,8H2,1H3,(H,23,29)(H2,24,26,27,30);9,11-12,16,24H,1-8,10H2,(H,23,29)(H,25,26,30);2-3,8,10-11,15,23H,1,4-7,9H2,(H,22,28)(H,24,25,29);7,9-10,14,23H,1,5-6,8H2,2-4H3,(H,22,28)(H2,24,25,26,29)/b2*14-7+;14-9+;13-8+;12-7+/t;11-;;;/m.0.../s1. The molecule has 6 saturated heterocycles. The van der Waals surface area contributed by atoms with Crippen LogP contribution in [0.4, 0.5) is 81.7 Å². The summed E-state index contributed by atoms with van der Waals surface area (Å²) >= 11 is 0. The number of carbonyl (C=O) groups excluding carboxylic acids is 10. The van der Waals surface area contributed by atoms with Gasteiger partial charge in [-0.15, -0.1) is 0 Å². The van der Waals surface area contributed by atoms with Gasteiger partial charge in [0.1, 0.15) is 64.0 Å². The first-order valence-electron chi connectivity index (χ1n) is 50.0. The van der Waals surface area contributed by atoms with Gasteiger partial charge in [-0.25, -0.2) is 48.5 Å². The maximum absolute atomic E-state index is 13.5. The van der Waals surface area contributed by atoms with Gasteiger partial charge < -0.3 is 78.9 Å². The number of rotatable bonds is 23. The van der Waals surface area contributed by atoms with Crippen molar-refractivity contribution < 1.29 is 52.3 Å². The largest absolute Gasteiger partial charge is 0.367 e. The molecule has 12 fully saturated rings. The van der Waals surface area contributed by atoms with E-state index in [9.17, 15) is 52.3 Å². The summed E-state index contributed by atoms with van der Waals surface area (Å²) in [4.78, 5) is 147. The second-order valence-corrected chi connectivity index (χ2v) is 40.1. The Balaban J connectivity index is 0.000000113. The van der Waals surface area contributed by atoms with Crippen molar-refractivity contribution >= 4 is 176 Å². The van der Waals surface area contributed by atoms with Crippen LogP contribution >= 0.6 is 0 Å². The quantitative estimate of drug-likeness (QED) is 0.0264. The lowest BCUT2D eigenvalue weighted by Crippen LogP contribution is -2.43. The Kier molecular flexibility index (Phi) is 27.7. The molecule has 0 radical (unpaired) electrons. The molecular weight excluding hydrogens is 1900 g/mol. The van der Waals surface area contributed by atoms with E-state index in [1.54, 1.807) is 82.7 Å². The highest BCUT2D eigenvalue weighted by atomic mass is 19.1. The smallest absolute Gasteiger partial charge is 0.323 e. The SMILES string of the molecule is C=C1NC(=O)C/C1=C\c1cnn2c(NC3CC3)cc(NC(=O)N3CC=CC3)nc12.C=C1NC(=O)C/C1=C\c1cnn2c(NC3CC3)cc(NC(=O)N3CCCCC3)nc12.C=C1NC(=O)C/C1=C\c1cnn2c(NC3CC3)cc(NC(=O)NC(C)(C)C)nc12.C=C1NC(=O)C/C1=C\c1cnn2c(NC3CC3)cc(NC(=O)N[C@@H](C)C3CC3)nc12.C=C1NC(=O)C/C1=C\c1cnn2c(NC3CC3)cc(NC(=O)c3cccc(F)c3)nc12. The summed E-state index contributed by atoms with van der Waals surface area (Å²) in [6.07, 6.45) is 39.6. The summed E-state index contributed by atoms with van der Waals surface area (Å²) in [6, 6.07) is 15.6. The number of carbonyl (C=O) groups is 10. The molecule has 10 aromatic heterocycles. The normalized spacial score (nSPS) is 19.4. The maximum Gasteiger partial charge on any atom is 0.323 e. The molecule has 13 aliphatic rings. The topological polar surface area (TPSA) is 533 Å². The van der Waals surface area contributed by atoms with Crippen molar-refractivity contribution in [1.82, 2.24) is 120 Å². The van der Waals surface area contributed by atoms with Crippen LogP contribution < -0.4 is 90.4 Å². The molecule has 0 unspecified atom stereocenters. The minimum Gasteiger partial charge on any atom is -0.367 e. The van der Waals surface area contributed by atoms with E-state index in [2.05, 4.69) is 174 Å². The first-order valence-corrected chi connectivity index (χ1v) is 50.0. The lowest BCUT2D eigenvalue weighted by molar-refractivity contribution is -0.119. The average Bonchev–Trinajstić information content (AvgIpc) is 1.65. The van der Waals surface area contributed by atoms with Crippen molar-refractivity contribution in [3.63, 3.8) is 0 Å². The number of hydrogen-bond donors (Lipinski definition) is 17. The molecule has 14 amide bonds. The highest BCUT2D eigenvalue weighted by Crippen LogP contribution is 2.39. The summed E-state index contributed by atoms with van der Waals surface area (Å²) in [7, 11) is 0. The molecule has 0 bridgehead atoms. The summed E-state index contributed by atoms with van der Waals surface area (Å²) in [5, 5.41) is 73.1. The number of allylic oxidation sites excluding steroid dienone is 5. The third-order valence-corrected chi connectivity index (χ3v) is 26.1. The van der Waals surface area contributed by atoms with Gasteiger partial charge in [-0.1, -0.05) is 51.1 Å². The second-order valence-electron chi connectivity index (χ2n) is 40.1. The first-order chi connectivity index (χ1) is 71.7. The lowest BCUT2D eigenvalue weighted by Gasteiger charge is -2.26. The average molecular weight is 2020 g/mol. The number of amides is 14. The molecule has 149 heavy (non-hydrogen) atoms. The van der Waals surface area contributed by atoms with E-state index in [0.717, 1.165) is 176 Å². The molecule has 17 heterocycles. The van der Waals surface area contributed by atoms with E-state index in [0.29, 0.717) is 146 Å². The fourth-order valence-electron chi connectivity index (χ4n) is 17.4. The molecule has 1 atom stereocenters. The van der Waals surface area contributed by atoms with Gasteiger partial charge >= 0.3 is 24.1 Å². The van der Waals surface area contributed by atoms with Crippen LogP contribution in [0.1, 0.15) is 194 Å². The summed E-state index contributed by atoms with van der Waals surface area (Å²) in [5.41, 5.74) is 13.4. The number of hydrogen-bond acceptors (Lipinski definition) is 25. The predicted molar refractivity (Wildman–Crippen MR) is 562 cm³/mol. The Morgan fingerprint density at radius 2 is 0.685 bits per heavy atom. The molecular formula is C104H115FN34O10. The molecule has 45 heteroatoms. The third-order valence-electron chi connectivity index (χ3n) is 26.1. The fraction of sp³-hybridized carbons (Fsp3) is 0.346. The van der Waals surface area contributed by atoms with Crippen LogP contribution in [-0.2, 0) is 24.0 Å². The minimum absolute atomic E-state index is 0.0683. The number of benzene rings is 1. The van der Waals surface area contributed by atoms with Gasteiger partial charge in [-0.05, 0) is 206 Å².